The van der Waals surface area contributed by atoms with Crippen molar-refractivity contribution in [2.24, 2.45) is 5.92 Å². The van der Waals surface area contributed by atoms with Crippen LogP contribution in [0.25, 0.3) is 0 Å². The van der Waals surface area contributed by atoms with Gasteiger partial charge in [0.25, 0.3) is 5.88 Å². The van der Waals surface area contributed by atoms with Gasteiger partial charge in [-0.15, -0.1) is 0 Å². The van der Waals surface area contributed by atoms with E-state index >= 15 is 0 Å². The Morgan fingerprint density at radius 2 is 2.11 bits per heavy atom. The van der Waals surface area contributed by atoms with Crippen LogP contribution in [0.1, 0.15) is 43.6 Å². The highest BCUT2D eigenvalue weighted by Crippen LogP contribution is 2.39. The van der Waals surface area contributed by atoms with Crippen molar-refractivity contribution in [3.8, 4) is 11.6 Å². The van der Waals surface area contributed by atoms with E-state index in [-0.39, 0.29) is 11.9 Å². The van der Waals surface area contributed by atoms with E-state index in [1.807, 2.05) is 12.3 Å². The van der Waals surface area contributed by atoms with Gasteiger partial charge in [-0.1, -0.05) is 6.42 Å². The van der Waals surface area contributed by atoms with Gasteiger partial charge >= 0.3 is 5.97 Å². The summed E-state index contributed by atoms with van der Waals surface area (Å²) < 4.78 is 10.5. The van der Waals surface area contributed by atoms with Gasteiger partial charge in [0.2, 0.25) is 0 Å². The van der Waals surface area contributed by atoms with Crippen molar-refractivity contribution < 1.29 is 14.3 Å². The van der Waals surface area contributed by atoms with Crippen LogP contribution >= 0.6 is 0 Å². The Morgan fingerprint density at radius 3 is 2.67 bits per heavy atom. The topological polar surface area (TPSA) is 48.4 Å². The first-order valence-corrected chi connectivity index (χ1v) is 6.53. The number of hydrogen-bond donors (Lipinski definition) is 0. The molecule has 2 fully saturated rings. The van der Waals surface area contributed by atoms with E-state index in [1.54, 1.807) is 7.11 Å². The first kappa shape index (κ1) is 11.5. The fourth-order valence-corrected chi connectivity index (χ4v) is 2.15. The molecule has 0 saturated heterocycles. The minimum absolute atomic E-state index is 0.0852. The Labute approximate surface area is 106 Å². The summed E-state index contributed by atoms with van der Waals surface area (Å²) >= 11 is 0. The predicted molar refractivity (Wildman–Crippen MR) is 65.7 cm³/mol. The fraction of sp³-hybridized carbons (Fsp3) is 0.571. The van der Waals surface area contributed by atoms with Crippen LogP contribution in [0.15, 0.2) is 12.3 Å². The zero-order valence-corrected chi connectivity index (χ0v) is 10.5. The summed E-state index contributed by atoms with van der Waals surface area (Å²) in [5.41, 5.74) is 1.15. The van der Waals surface area contributed by atoms with E-state index in [1.165, 1.54) is 19.3 Å². The second-order valence-electron chi connectivity index (χ2n) is 5.10. The van der Waals surface area contributed by atoms with Crippen LogP contribution in [0, 0.1) is 5.92 Å². The summed E-state index contributed by atoms with van der Waals surface area (Å²) in [6, 6.07) is 1.91. The number of pyridine rings is 1. The van der Waals surface area contributed by atoms with E-state index in [2.05, 4.69) is 4.98 Å². The van der Waals surface area contributed by atoms with E-state index in [0.717, 1.165) is 18.4 Å². The molecule has 0 aromatic carbocycles. The molecule has 0 bridgehead atoms. The summed E-state index contributed by atoms with van der Waals surface area (Å²) in [4.78, 5) is 15.9. The molecule has 1 aromatic rings. The van der Waals surface area contributed by atoms with Crippen LogP contribution in [0.4, 0.5) is 0 Å². The van der Waals surface area contributed by atoms with Crippen molar-refractivity contribution in [1.82, 2.24) is 4.98 Å². The van der Waals surface area contributed by atoms with Gasteiger partial charge in [0, 0.05) is 6.20 Å². The molecular formula is C14H17NO3. The molecule has 0 amide bonds. The molecule has 2 aliphatic carbocycles. The monoisotopic (exact) mass is 247 g/mol. The van der Waals surface area contributed by atoms with E-state index in [0.29, 0.717) is 17.5 Å². The highest BCUT2D eigenvalue weighted by molar-refractivity contribution is 5.77. The molecule has 3 rings (SSSR count). The number of hydrogen-bond acceptors (Lipinski definition) is 4. The minimum Gasteiger partial charge on any atom is -0.478 e. The van der Waals surface area contributed by atoms with Crippen molar-refractivity contribution in [2.75, 3.05) is 7.11 Å². The minimum atomic E-state index is -0.152. The number of ether oxygens (including phenoxy) is 2. The molecule has 0 unspecified atom stereocenters. The molecule has 0 N–H and O–H groups in total. The lowest BCUT2D eigenvalue weighted by Crippen LogP contribution is -2.13. The third-order valence-corrected chi connectivity index (χ3v) is 3.73. The van der Waals surface area contributed by atoms with E-state index < -0.39 is 0 Å². The lowest BCUT2D eigenvalue weighted by atomic mass is 9.81. The maximum Gasteiger partial charge on any atom is 0.314 e. The molecule has 0 spiro atoms. The SMILES string of the molecule is COc1ncc(C2CCC2)cc1OC(=O)C1CC1. The maximum absolute atomic E-state index is 11.7. The van der Waals surface area contributed by atoms with Crippen LogP contribution in [-0.2, 0) is 4.79 Å². The third-order valence-electron chi connectivity index (χ3n) is 3.73. The first-order valence-electron chi connectivity index (χ1n) is 6.53. The highest BCUT2D eigenvalue weighted by Gasteiger charge is 2.32. The number of aromatic nitrogens is 1. The molecule has 96 valence electrons. The molecule has 18 heavy (non-hydrogen) atoms. The van der Waals surface area contributed by atoms with Crippen LogP contribution in [-0.4, -0.2) is 18.1 Å². The molecular weight excluding hydrogens is 230 g/mol. The quantitative estimate of drug-likeness (QED) is 0.767. The second kappa shape index (κ2) is 4.59. The fourth-order valence-electron chi connectivity index (χ4n) is 2.15. The first-order chi connectivity index (χ1) is 8.78. The highest BCUT2D eigenvalue weighted by atomic mass is 16.6. The van der Waals surface area contributed by atoms with Gasteiger partial charge in [-0.05, 0) is 43.2 Å². The number of nitrogens with zero attached hydrogens (tertiary/aromatic N) is 1. The summed E-state index contributed by atoms with van der Waals surface area (Å²) in [5.74, 6) is 1.37. The molecule has 2 saturated carbocycles. The largest absolute Gasteiger partial charge is 0.478 e. The van der Waals surface area contributed by atoms with Gasteiger partial charge in [0.1, 0.15) is 0 Å². The Hall–Kier alpha value is -1.58. The average molecular weight is 247 g/mol. The Morgan fingerprint density at radius 1 is 1.33 bits per heavy atom. The second-order valence-corrected chi connectivity index (χ2v) is 5.10. The summed E-state index contributed by atoms with van der Waals surface area (Å²) in [7, 11) is 1.54. The lowest BCUT2D eigenvalue weighted by Gasteiger charge is -2.25. The lowest BCUT2D eigenvalue weighted by molar-refractivity contribution is -0.135. The summed E-state index contributed by atoms with van der Waals surface area (Å²) in [6.07, 6.45) is 7.38. The van der Waals surface area contributed by atoms with Gasteiger partial charge < -0.3 is 9.47 Å². The maximum atomic E-state index is 11.7. The standard InChI is InChI=1S/C14H17NO3/c1-17-13-12(18-14(16)10-5-6-10)7-11(8-15-13)9-3-2-4-9/h7-10H,2-6H2,1H3. The third kappa shape index (κ3) is 2.19. The number of carbonyl (C=O) groups is 1. The van der Waals surface area contributed by atoms with Gasteiger partial charge in [0.05, 0.1) is 13.0 Å². The van der Waals surface area contributed by atoms with Gasteiger partial charge in [0.15, 0.2) is 5.75 Å². The molecule has 4 heteroatoms. The van der Waals surface area contributed by atoms with Gasteiger partial charge in [-0.25, -0.2) is 4.98 Å². The summed E-state index contributed by atoms with van der Waals surface area (Å²) in [5, 5.41) is 0. The molecule has 0 radical (unpaired) electrons. The van der Waals surface area contributed by atoms with Crippen molar-refractivity contribution in [3.05, 3.63) is 17.8 Å². The smallest absolute Gasteiger partial charge is 0.314 e. The zero-order chi connectivity index (χ0) is 12.5. The molecule has 1 aromatic heterocycles. The van der Waals surface area contributed by atoms with Crippen molar-refractivity contribution >= 4 is 5.97 Å². The zero-order valence-electron chi connectivity index (χ0n) is 10.5. The molecule has 4 nitrogen and oxygen atoms in total. The van der Waals surface area contributed by atoms with Gasteiger partial charge in [-0.2, -0.15) is 0 Å². The predicted octanol–water partition coefficient (Wildman–Crippen LogP) is 2.67. The molecule has 0 aliphatic heterocycles. The summed E-state index contributed by atoms with van der Waals surface area (Å²) in [6.45, 7) is 0. The normalized spacial score (nSPS) is 19.2. The molecule has 0 atom stereocenters. The van der Waals surface area contributed by atoms with Crippen LogP contribution in [0.3, 0.4) is 0 Å². The number of carbonyl (C=O) groups excluding carboxylic acids is 1. The Kier molecular flexibility index (Phi) is 2.94. The Balaban J connectivity index is 1.81. The number of methoxy groups -OCH3 is 1. The van der Waals surface area contributed by atoms with Crippen LogP contribution < -0.4 is 9.47 Å². The van der Waals surface area contributed by atoms with Crippen LogP contribution in [0.2, 0.25) is 0 Å². The number of esters is 1. The van der Waals surface area contributed by atoms with Gasteiger partial charge in [-0.3, -0.25) is 4.79 Å². The number of rotatable bonds is 4. The molecule has 2 aliphatic rings. The van der Waals surface area contributed by atoms with Crippen molar-refractivity contribution in [3.63, 3.8) is 0 Å². The van der Waals surface area contributed by atoms with E-state index in [4.69, 9.17) is 9.47 Å². The van der Waals surface area contributed by atoms with Crippen molar-refractivity contribution in [2.45, 2.75) is 38.0 Å². The van der Waals surface area contributed by atoms with Crippen molar-refractivity contribution in [1.29, 1.82) is 0 Å². The average Bonchev–Trinajstić information content (AvgIpc) is 3.11. The molecule has 1 heterocycles. The van der Waals surface area contributed by atoms with E-state index in [9.17, 15) is 4.79 Å². The van der Waals surface area contributed by atoms with Crippen LogP contribution in [0.5, 0.6) is 11.6 Å². The Bertz CT molecular complexity index is 464.